The number of rotatable bonds is 6. The first kappa shape index (κ1) is 21.2. The predicted molar refractivity (Wildman–Crippen MR) is 132 cm³/mol. The summed E-state index contributed by atoms with van der Waals surface area (Å²) in [6, 6.07) is 12.1. The molecule has 9 atom stereocenters. The van der Waals surface area contributed by atoms with Crippen molar-refractivity contribution in [3.05, 3.63) is 54.3 Å². The molecular formula is C29H42N2. The van der Waals surface area contributed by atoms with E-state index < -0.39 is 0 Å². The second kappa shape index (κ2) is 9.04. The van der Waals surface area contributed by atoms with Crippen molar-refractivity contribution in [1.29, 1.82) is 0 Å². The first-order valence-electron chi connectivity index (χ1n) is 13.0. The first-order chi connectivity index (χ1) is 15.1. The molecule has 0 saturated heterocycles. The fraction of sp³-hybridized carbons (Fsp3) is 0.655. The van der Waals surface area contributed by atoms with Gasteiger partial charge in [-0.2, -0.15) is 0 Å². The standard InChI is InChI=1S/C29H42N2/c1-19-16-22(12-14-26(19)30-24-8-5-4-6-9-24)18-23-13-15-27(20(2)17-23)31-28-11-7-10-25-21(3)29(25)28/h4-11,19-23,25-27,29-31H,12-18H2,1-3H3/t19?,20?,21?,22?,23?,25-,26?,27?,29?/m1/s1. The molecule has 0 heterocycles. The molecule has 4 aliphatic rings. The molecule has 1 aromatic rings. The van der Waals surface area contributed by atoms with Gasteiger partial charge in [-0.3, -0.25) is 0 Å². The summed E-state index contributed by atoms with van der Waals surface area (Å²) >= 11 is 0. The topological polar surface area (TPSA) is 24.1 Å². The largest absolute Gasteiger partial charge is 0.385 e. The van der Waals surface area contributed by atoms with Gasteiger partial charge in [0.25, 0.3) is 0 Å². The second-order valence-electron chi connectivity index (χ2n) is 11.4. The number of allylic oxidation sites excluding steroid dienone is 4. The number of para-hydroxylation sites is 1. The molecule has 2 heteroatoms. The van der Waals surface area contributed by atoms with Crippen molar-refractivity contribution < 1.29 is 0 Å². The van der Waals surface area contributed by atoms with Crippen molar-refractivity contribution in [2.24, 2.45) is 41.4 Å². The van der Waals surface area contributed by atoms with E-state index in [1.54, 1.807) is 0 Å². The fourth-order valence-electron chi connectivity index (χ4n) is 7.13. The zero-order chi connectivity index (χ0) is 21.4. The first-order valence-corrected chi connectivity index (χ1v) is 13.0. The van der Waals surface area contributed by atoms with Crippen LogP contribution in [-0.2, 0) is 0 Å². The summed E-state index contributed by atoms with van der Waals surface area (Å²) < 4.78 is 0. The van der Waals surface area contributed by atoms with Crippen LogP contribution in [-0.4, -0.2) is 12.1 Å². The van der Waals surface area contributed by atoms with Crippen LogP contribution in [0.3, 0.4) is 0 Å². The minimum atomic E-state index is 0.643. The quantitative estimate of drug-likeness (QED) is 0.518. The summed E-state index contributed by atoms with van der Waals surface area (Å²) in [7, 11) is 0. The average Bonchev–Trinajstić information content (AvgIpc) is 3.44. The van der Waals surface area contributed by atoms with Gasteiger partial charge < -0.3 is 10.6 Å². The zero-order valence-electron chi connectivity index (χ0n) is 19.8. The number of hydrogen-bond donors (Lipinski definition) is 2. The number of anilines is 1. The maximum atomic E-state index is 3.99. The molecule has 0 bridgehead atoms. The van der Waals surface area contributed by atoms with E-state index in [1.165, 1.54) is 56.3 Å². The summed E-state index contributed by atoms with van der Waals surface area (Å²) in [5.74, 6) is 5.89. The lowest BCUT2D eigenvalue weighted by Crippen LogP contribution is -2.40. The van der Waals surface area contributed by atoms with E-state index in [-0.39, 0.29) is 0 Å². The Morgan fingerprint density at radius 1 is 0.806 bits per heavy atom. The maximum absolute atomic E-state index is 3.99. The predicted octanol–water partition coefficient (Wildman–Crippen LogP) is 7.02. The molecule has 0 amide bonds. The Bertz CT molecular complexity index is 796. The SMILES string of the molecule is CC1CC(CC2CCC(Nc3ccccc3)C(C)C2)CCC1NC1=CC=C[C@@H]2C(C)C12. The van der Waals surface area contributed by atoms with Gasteiger partial charge in [-0.25, -0.2) is 0 Å². The minimum absolute atomic E-state index is 0.643. The Kier molecular flexibility index (Phi) is 6.17. The monoisotopic (exact) mass is 418 g/mol. The van der Waals surface area contributed by atoms with Gasteiger partial charge in [0.15, 0.2) is 0 Å². The fourth-order valence-corrected chi connectivity index (χ4v) is 7.13. The maximum Gasteiger partial charge on any atom is 0.0342 e. The van der Waals surface area contributed by atoms with Crippen molar-refractivity contribution in [3.63, 3.8) is 0 Å². The third kappa shape index (κ3) is 4.73. The summed E-state index contributed by atoms with van der Waals surface area (Å²) in [6.45, 7) is 7.38. The highest BCUT2D eigenvalue weighted by Gasteiger charge is 2.48. The van der Waals surface area contributed by atoms with Crippen LogP contribution in [0.15, 0.2) is 54.3 Å². The van der Waals surface area contributed by atoms with Gasteiger partial charge in [0.2, 0.25) is 0 Å². The van der Waals surface area contributed by atoms with Gasteiger partial charge in [0.05, 0.1) is 0 Å². The van der Waals surface area contributed by atoms with Crippen molar-refractivity contribution in [3.8, 4) is 0 Å². The van der Waals surface area contributed by atoms with E-state index >= 15 is 0 Å². The molecular weight excluding hydrogens is 376 g/mol. The summed E-state index contributed by atoms with van der Waals surface area (Å²) in [5, 5.41) is 7.79. The van der Waals surface area contributed by atoms with Crippen molar-refractivity contribution in [2.75, 3.05) is 5.32 Å². The molecule has 0 aliphatic heterocycles. The molecule has 2 nitrogen and oxygen atoms in total. The Morgan fingerprint density at radius 2 is 1.45 bits per heavy atom. The number of fused-ring (bicyclic) bond motifs is 1. The highest BCUT2D eigenvalue weighted by molar-refractivity contribution is 5.43. The molecule has 0 spiro atoms. The van der Waals surface area contributed by atoms with Crippen LogP contribution in [0.25, 0.3) is 0 Å². The zero-order valence-corrected chi connectivity index (χ0v) is 19.8. The molecule has 3 fully saturated rings. The lowest BCUT2D eigenvalue weighted by atomic mass is 9.70. The Morgan fingerprint density at radius 3 is 2.10 bits per heavy atom. The molecule has 8 unspecified atom stereocenters. The van der Waals surface area contributed by atoms with E-state index in [0.717, 1.165) is 41.4 Å². The van der Waals surface area contributed by atoms with Crippen molar-refractivity contribution in [2.45, 2.75) is 77.8 Å². The summed E-state index contributed by atoms with van der Waals surface area (Å²) in [5.41, 5.74) is 2.82. The molecule has 3 saturated carbocycles. The number of benzene rings is 1. The molecule has 0 aromatic heterocycles. The highest BCUT2D eigenvalue weighted by atomic mass is 15.0. The summed E-state index contributed by atoms with van der Waals surface area (Å²) in [6.07, 6.45) is 16.8. The lowest BCUT2D eigenvalue weighted by molar-refractivity contribution is 0.163. The van der Waals surface area contributed by atoms with Crippen LogP contribution in [0.4, 0.5) is 5.69 Å². The van der Waals surface area contributed by atoms with Gasteiger partial charge in [0.1, 0.15) is 0 Å². The van der Waals surface area contributed by atoms with E-state index in [1.807, 2.05) is 0 Å². The van der Waals surface area contributed by atoms with Crippen molar-refractivity contribution >= 4 is 5.69 Å². The van der Waals surface area contributed by atoms with Gasteiger partial charge in [-0.1, -0.05) is 51.1 Å². The van der Waals surface area contributed by atoms with Crippen LogP contribution in [0.5, 0.6) is 0 Å². The Hall–Kier alpha value is -1.70. The highest BCUT2D eigenvalue weighted by Crippen LogP contribution is 2.53. The van der Waals surface area contributed by atoms with E-state index in [4.69, 9.17) is 0 Å². The average molecular weight is 419 g/mol. The molecule has 5 rings (SSSR count). The van der Waals surface area contributed by atoms with Crippen LogP contribution < -0.4 is 10.6 Å². The van der Waals surface area contributed by atoms with Crippen LogP contribution >= 0.6 is 0 Å². The molecule has 2 N–H and O–H groups in total. The second-order valence-corrected chi connectivity index (χ2v) is 11.4. The molecule has 31 heavy (non-hydrogen) atoms. The van der Waals surface area contributed by atoms with Gasteiger partial charge in [0, 0.05) is 29.4 Å². The minimum Gasteiger partial charge on any atom is -0.385 e. The van der Waals surface area contributed by atoms with E-state index in [2.05, 4.69) is 80.0 Å². The van der Waals surface area contributed by atoms with Gasteiger partial charge in [-0.15, -0.1) is 0 Å². The normalized spacial score (nSPS) is 41.8. The summed E-state index contributed by atoms with van der Waals surface area (Å²) in [4.78, 5) is 0. The van der Waals surface area contributed by atoms with E-state index in [0.29, 0.717) is 12.1 Å². The van der Waals surface area contributed by atoms with Crippen LogP contribution in [0.2, 0.25) is 0 Å². The molecule has 4 aliphatic carbocycles. The number of nitrogens with one attached hydrogen (secondary N) is 2. The number of hydrogen-bond acceptors (Lipinski definition) is 2. The van der Waals surface area contributed by atoms with Gasteiger partial charge in [-0.05, 0) is 98.7 Å². The molecule has 1 aromatic carbocycles. The third-order valence-corrected chi connectivity index (χ3v) is 9.12. The lowest BCUT2D eigenvalue weighted by Gasteiger charge is -2.40. The third-order valence-electron chi connectivity index (χ3n) is 9.12. The van der Waals surface area contributed by atoms with Gasteiger partial charge >= 0.3 is 0 Å². The molecule has 168 valence electrons. The Balaban J connectivity index is 1.08. The van der Waals surface area contributed by atoms with Crippen molar-refractivity contribution in [1.82, 2.24) is 5.32 Å². The van der Waals surface area contributed by atoms with E-state index in [9.17, 15) is 0 Å². The Labute approximate surface area is 190 Å². The van der Waals surface area contributed by atoms with Crippen LogP contribution in [0.1, 0.15) is 65.7 Å². The molecule has 0 radical (unpaired) electrons. The smallest absolute Gasteiger partial charge is 0.0342 e. The van der Waals surface area contributed by atoms with Crippen LogP contribution in [0, 0.1) is 41.4 Å².